The Morgan fingerprint density at radius 3 is 2.67 bits per heavy atom. The zero-order valence-electron chi connectivity index (χ0n) is 13.9. The average molecular weight is 353 g/mol. The van der Waals surface area contributed by atoms with Crippen LogP contribution in [0.1, 0.15) is 58.9 Å². The molecule has 1 N–H and O–H groups in total. The molecule has 0 aliphatic carbocycles. The van der Waals surface area contributed by atoms with Gasteiger partial charge >= 0.3 is 0 Å². The zero-order valence-corrected chi connectivity index (χ0v) is 15.5. The molecule has 3 heteroatoms. The molecule has 0 bridgehead atoms. The molecule has 1 aromatic carbocycles. The van der Waals surface area contributed by atoms with Gasteiger partial charge in [0, 0.05) is 29.1 Å². The maximum Gasteiger partial charge on any atom is 0.0513 e. The maximum atomic E-state index is 3.79. The average Bonchev–Trinajstić information content (AvgIpc) is 2.61. The van der Waals surface area contributed by atoms with Crippen molar-refractivity contribution in [1.82, 2.24) is 5.32 Å². The minimum atomic E-state index is 0.157. The Kier molecular flexibility index (Phi) is 5.73. The van der Waals surface area contributed by atoms with Gasteiger partial charge in [0.25, 0.3) is 0 Å². The first kappa shape index (κ1) is 16.8. The number of anilines is 1. The number of nitrogens with zero attached hydrogens (tertiary/aromatic N) is 1. The van der Waals surface area contributed by atoms with Crippen molar-refractivity contribution in [2.75, 3.05) is 11.4 Å². The second-order valence-electron chi connectivity index (χ2n) is 7.28. The molecule has 0 amide bonds. The van der Waals surface area contributed by atoms with Gasteiger partial charge in [0.2, 0.25) is 0 Å². The van der Waals surface area contributed by atoms with Crippen LogP contribution in [-0.2, 0) is 6.54 Å². The Morgan fingerprint density at radius 1 is 1.24 bits per heavy atom. The largest absolute Gasteiger partial charge is 0.368 e. The fourth-order valence-corrected chi connectivity index (χ4v) is 3.55. The van der Waals surface area contributed by atoms with Crippen LogP contribution in [0.25, 0.3) is 0 Å². The molecule has 0 aromatic heterocycles. The monoisotopic (exact) mass is 352 g/mol. The lowest BCUT2D eigenvalue weighted by Crippen LogP contribution is -2.35. The molecular formula is C18H29BrN2. The van der Waals surface area contributed by atoms with E-state index in [4.69, 9.17) is 0 Å². The highest BCUT2D eigenvalue weighted by atomic mass is 79.9. The van der Waals surface area contributed by atoms with E-state index < -0.39 is 0 Å². The Bertz CT molecular complexity index is 465. The summed E-state index contributed by atoms with van der Waals surface area (Å²) in [6, 6.07) is 7.45. The zero-order chi connectivity index (χ0) is 15.5. The molecule has 2 rings (SSSR count). The molecule has 118 valence electrons. The highest BCUT2D eigenvalue weighted by Gasteiger charge is 2.19. The summed E-state index contributed by atoms with van der Waals surface area (Å²) >= 11 is 3.79. The van der Waals surface area contributed by atoms with Crippen LogP contribution in [0.15, 0.2) is 22.7 Å². The third kappa shape index (κ3) is 5.00. The van der Waals surface area contributed by atoms with Crippen LogP contribution in [0, 0.1) is 0 Å². The molecule has 21 heavy (non-hydrogen) atoms. The van der Waals surface area contributed by atoms with E-state index in [9.17, 15) is 0 Å². The molecule has 1 aromatic rings. The van der Waals surface area contributed by atoms with Crippen molar-refractivity contribution in [2.24, 2.45) is 0 Å². The number of benzene rings is 1. The first-order valence-corrected chi connectivity index (χ1v) is 8.96. The summed E-state index contributed by atoms with van der Waals surface area (Å²) in [7, 11) is 0. The fourth-order valence-electron chi connectivity index (χ4n) is 2.89. The van der Waals surface area contributed by atoms with Crippen molar-refractivity contribution < 1.29 is 0 Å². The fraction of sp³-hybridized carbons (Fsp3) is 0.667. The Hall–Kier alpha value is -0.540. The van der Waals surface area contributed by atoms with Gasteiger partial charge in [-0.2, -0.15) is 0 Å². The van der Waals surface area contributed by atoms with Gasteiger partial charge in [0.1, 0.15) is 0 Å². The van der Waals surface area contributed by atoms with E-state index in [-0.39, 0.29) is 5.54 Å². The van der Waals surface area contributed by atoms with Crippen LogP contribution < -0.4 is 10.2 Å². The molecule has 1 saturated heterocycles. The van der Waals surface area contributed by atoms with Gasteiger partial charge in [-0.15, -0.1) is 0 Å². The van der Waals surface area contributed by atoms with Crippen LogP contribution >= 0.6 is 15.9 Å². The lowest BCUT2D eigenvalue weighted by molar-refractivity contribution is 0.424. The highest BCUT2D eigenvalue weighted by molar-refractivity contribution is 9.10. The molecule has 2 nitrogen and oxygen atoms in total. The van der Waals surface area contributed by atoms with Gasteiger partial charge in [-0.1, -0.05) is 18.9 Å². The number of hydrogen-bond donors (Lipinski definition) is 1. The van der Waals surface area contributed by atoms with Crippen LogP contribution in [-0.4, -0.2) is 18.1 Å². The lowest BCUT2D eigenvalue weighted by Gasteiger charge is -2.30. The summed E-state index contributed by atoms with van der Waals surface area (Å²) in [6.45, 7) is 11.1. The molecule has 0 spiro atoms. The quantitative estimate of drug-likeness (QED) is 0.813. The SMILES string of the molecule is CC1CCCCCN1c1ccc(CNC(C)(C)C)cc1Br. The first-order valence-electron chi connectivity index (χ1n) is 8.17. The molecule has 1 aliphatic heterocycles. The molecule has 1 fully saturated rings. The maximum absolute atomic E-state index is 3.79. The van der Waals surface area contributed by atoms with E-state index in [1.165, 1.54) is 48.0 Å². The Morgan fingerprint density at radius 2 is 2.00 bits per heavy atom. The molecule has 1 aliphatic rings. The standard InChI is InChI=1S/C18H29BrN2/c1-14-8-6-5-7-11-21(14)17-10-9-15(12-16(17)19)13-20-18(2,3)4/h9-10,12,14,20H,5-8,11,13H2,1-4H3. The van der Waals surface area contributed by atoms with E-state index >= 15 is 0 Å². The highest BCUT2D eigenvalue weighted by Crippen LogP contribution is 2.31. The number of nitrogens with one attached hydrogen (secondary N) is 1. The van der Waals surface area contributed by atoms with Crippen molar-refractivity contribution in [1.29, 1.82) is 0 Å². The molecule has 1 atom stereocenters. The summed E-state index contributed by atoms with van der Waals surface area (Å²) in [4.78, 5) is 2.57. The van der Waals surface area contributed by atoms with E-state index in [0.29, 0.717) is 6.04 Å². The molecule has 0 saturated carbocycles. The number of rotatable bonds is 3. The Labute approximate surface area is 138 Å². The minimum Gasteiger partial charge on any atom is -0.368 e. The van der Waals surface area contributed by atoms with Crippen LogP contribution in [0.5, 0.6) is 0 Å². The van der Waals surface area contributed by atoms with Gasteiger partial charge in [0.15, 0.2) is 0 Å². The second-order valence-corrected chi connectivity index (χ2v) is 8.14. The second kappa shape index (κ2) is 7.15. The summed E-state index contributed by atoms with van der Waals surface area (Å²) in [5, 5.41) is 3.55. The predicted molar refractivity (Wildman–Crippen MR) is 96.0 cm³/mol. The summed E-state index contributed by atoms with van der Waals surface area (Å²) in [6.07, 6.45) is 5.35. The smallest absolute Gasteiger partial charge is 0.0513 e. The van der Waals surface area contributed by atoms with Gasteiger partial charge < -0.3 is 10.2 Å². The third-order valence-corrected chi connectivity index (χ3v) is 4.83. The third-order valence-electron chi connectivity index (χ3n) is 4.20. The van der Waals surface area contributed by atoms with Gasteiger partial charge in [-0.25, -0.2) is 0 Å². The predicted octanol–water partition coefficient (Wildman–Crippen LogP) is 5.11. The van der Waals surface area contributed by atoms with Crippen LogP contribution in [0.3, 0.4) is 0 Å². The lowest BCUT2D eigenvalue weighted by atomic mass is 10.1. The molecular weight excluding hydrogens is 324 g/mol. The van der Waals surface area contributed by atoms with Crippen molar-refractivity contribution in [3.8, 4) is 0 Å². The first-order chi connectivity index (χ1) is 9.87. The van der Waals surface area contributed by atoms with Gasteiger partial charge in [-0.3, -0.25) is 0 Å². The number of halogens is 1. The van der Waals surface area contributed by atoms with E-state index in [0.717, 1.165) is 6.54 Å². The van der Waals surface area contributed by atoms with E-state index in [1.54, 1.807) is 0 Å². The summed E-state index contributed by atoms with van der Waals surface area (Å²) in [5.41, 5.74) is 2.84. The van der Waals surface area contributed by atoms with Crippen molar-refractivity contribution in [3.63, 3.8) is 0 Å². The van der Waals surface area contributed by atoms with E-state index in [2.05, 4.69) is 72.0 Å². The van der Waals surface area contributed by atoms with Crippen LogP contribution in [0.2, 0.25) is 0 Å². The molecule has 0 radical (unpaired) electrons. The van der Waals surface area contributed by atoms with Crippen molar-refractivity contribution in [2.45, 2.75) is 71.5 Å². The van der Waals surface area contributed by atoms with Gasteiger partial charge in [0.05, 0.1) is 5.69 Å². The van der Waals surface area contributed by atoms with Crippen molar-refractivity contribution >= 4 is 21.6 Å². The normalized spacial score (nSPS) is 20.4. The van der Waals surface area contributed by atoms with Crippen molar-refractivity contribution in [3.05, 3.63) is 28.2 Å². The van der Waals surface area contributed by atoms with E-state index in [1.807, 2.05) is 0 Å². The molecule has 1 heterocycles. The van der Waals surface area contributed by atoms with Crippen LogP contribution in [0.4, 0.5) is 5.69 Å². The minimum absolute atomic E-state index is 0.157. The topological polar surface area (TPSA) is 15.3 Å². The summed E-state index contributed by atoms with van der Waals surface area (Å²) < 4.78 is 1.23. The van der Waals surface area contributed by atoms with Gasteiger partial charge in [-0.05, 0) is 74.2 Å². The summed E-state index contributed by atoms with van der Waals surface area (Å²) in [5.74, 6) is 0. The molecule has 1 unspecified atom stereocenters. The Balaban J connectivity index is 2.11. The number of hydrogen-bond acceptors (Lipinski definition) is 2.